The van der Waals surface area contributed by atoms with Crippen LogP contribution in [0.15, 0.2) is 48.8 Å². The molecule has 0 aliphatic heterocycles. The van der Waals surface area contributed by atoms with E-state index in [2.05, 4.69) is 16.4 Å². The van der Waals surface area contributed by atoms with Crippen LogP contribution in [0.2, 0.25) is 0 Å². The Morgan fingerprint density at radius 2 is 2.16 bits per heavy atom. The van der Waals surface area contributed by atoms with Gasteiger partial charge in [0.05, 0.1) is 13.0 Å². The molecule has 3 N–H and O–H groups in total. The lowest BCUT2D eigenvalue weighted by Crippen LogP contribution is -2.27. The summed E-state index contributed by atoms with van der Waals surface area (Å²) in [7, 11) is 1.61. The highest BCUT2D eigenvalue weighted by molar-refractivity contribution is 5.98. The number of rotatable bonds is 5. The standard InChI is InChI=1S/C20H20N3O2/c1-13-9-15(4-6-19(13)25-2)18(11-21)20(24)23-17-5-3-16-12-22-8-7-14(16)10-17/h3,5-10,12,18H,11,21H2,1-2H3,(H,23,24). The number of carbonyl (C=O) groups excluding carboxylic acids is 1. The highest BCUT2D eigenvalue weighted by Gasteiger charge is 2.20. The molecule has 1 heterocycles. The van der Waals surface area contributed by atoms with Gasteiger partial charge in [0, 0.05) is 30.0 Å². The molecule has 5 heteroatoms. The molecule has 1 radical (unpaired) electrons. The van der Waals surface area contributed by atoms with E-state index in [1.54, 1.807) is 25.6 Å². The molecule has 25 heavy (non-hydrogen) atoms. The maximum atomic E-state index is 12.7. The Balaban J connectivity index is 1.83. The fraction of sp³-hybridized carbons (Fsp3) is 0.200. The van der Waals surface area contributed by atoms with Crippen LogP contribution in [0.1, 0.15) is 17.0 Å². The zero-order valence-electron chi connectivity index (χ0n) is 14.2. The predicted molar refractivity (Wildman–Crippen MR) is 98.7 cm³/mol. The van der Waals surface area contributed by atoms with Crippen LogP contribution in [0.5, 0.6) is 5.75 Å². The van der Waals surface area contributed by atoms with Gasteiger partial charge in [0.15, 0.2) is 0 Å². The molecule has 0 saturated carbocycles. The number of carbonyl (C=O) groups is 1. The third-order valence-corrected chi connectivity index (χ3v) is 4.19. The Morgan fingerprint density at radius 3 is 2.88 bits per heavy atom. The molecule has 0 aliphatic rings. The second-order valence-corrected chi connectivity index (χ2v) is 5.85. The quantitative estimate of drug-likeness (QED) is 0.752. The first kappa shape index (κ1) is 16.9. The number of hydrogen-bond donors (Lipinski definition) is 2. The minimum absolute atomic E-state index is 0.156. The molecule has 1 unspecified atom stereocenters. The van der Waals surface area contributed by atoms with E-state index in [-0.39, 0.29) is 12.5 Å². The van der Waals surface area contributed by atoms with Gasteiger partial charge in [0.25, 0.3) is 0 Å². The lowest BCUT2D eigenvalue weighted by molar-refractivity contribution is -0.117. The summed E-state index contributed by atoms with van der Waals surface area (Å²) in [5.41, 5.74) is 8.28. The van der Waals surface area contributed by atoms with Gasteiger partial charge in [-0.05, 0) is 53.8 Å². The molecule has 1 atom stereocenters. The number of benzene rings is 2. The number of nitrogens with zero attached hydrogens (tertiary/aromatic N) is 1. The van der Waals surface area contributed by atoms with Crippen LogP contribution in [0.4, 0.5) is 5.69 Å². The molecule has 2 aromatic carbocycles. The fourth-order valence-electron chi connectivity index (χ4n) is 2.80. The van der Waals surface area contributed by atoms with E-state index in [0.717, 1.165) is 33.3 Å². The van der Waals surface area contributed by atoms with Crippen molar-refractivity contribution >= 4 is 22.4 Å². The zero-order chi connectivity index (χ0) is 17.8. The molecule has 0 bridgehead atoms. The topological polar surface area (TPSA) is 77.2 Å². The maximum Gasteiger partial charge on any atom is 0.233 e. The molecule has 3 rings (SSSR count). The monoisotopic (exact) mass is 334 g/mol. The fourth-order valence-corrected chi connectivity index (χ4v) is 2.80. The van der Waals surface area contributed by atoms with Gasteiger partial charge in [-0.1, -0.05) is 12.1 Å². The van der Waals surface area contributed by atoms with Crippen molar-refractivity contribution in [3.8, 4) is 5.75 Å². The number of aromatic nitrogens is 1. The first-order valence-corrected chi connectivity index (χ1v) is 8.03. The molecular formula is C20H20N3O2. The number of nitrogens with two attached hydrogens (primary N) is 1. The number of amides is 1. The number of hydrogen-bond acceptors (Lipinski definition) is 4. The first-order chi connectivity index (χ1) is 12.1. The third kappa shape index (κ3) is 3.61. The van der Waals surface area contributed by atoms with Crippen molar-refractivity contribution in [3.63, 3.8) is 0 Å². The van der Waals surface area contributed by atoms with Gasteiger partial charge in [0.2, 0.25) is 5.91 Å². The van der Waals surface area contributed by atoms with Gasteiger partial charge in [0.1, 0.15) is 5.75 Å². The van der Waals surface area contributed by atoms with E-state index in [9.17, 15) is 4.79 Å². The molecule has 0 aliphatic carbocycles. The van der Waals surface area contributed by atoms with E-state index < -0.39 is 5.92 Å². The average Bonchev–Trinajstić information content (AvgIpc) is 2.62. The number of fused-ring (bicyclic) bond motifs is 1. The van der Waals surface area contributed by atoms with Crippen LogP contribution < -0.4 is 15.8 Å². The smallest absolute Gasteiger partial charge is 0.233 e. The molecule has 1 aromatic heterocycles. The van der Waals surface area contributed by atoms with Gasteiger partial charge < -0.3 is 15.8 Å². The molecule has 0 spiro atoms. The number of ether oxygens (including phenoxy) is 1. The van der Waals surface area contributed by atoms with Crippen LogP contribution in [0.25, 0.3) is 10.8 Å². The Hall–Kier alpha value is -2.92. The largest absolute Gasteiger partial charge is 0.496 e. The SMILES string of the molecule is COc1c[c]c(C(CN)C(=O)Nc2ccc3cnccc3c2)cc1C. The van der Waals surface area contributed by atoms with Crippen LogP contribution >= 0.6 is 0 Å². The molecular weight excluding hydrogens is 314 g/mol. The average molecular weight is 334 g/mol. The summed E-state index contributed by atoms with van der Waals surface area (Å²) in [6.45, 7) is 2.13. The minimum Gasteiger partial charge on any atom is -0.496 e. The Labute approximate surface area is 146 Å². The lowest BCUT2D eigenvalue weighted by Gasteiger charge is -2.17. The van der Waals surface area contributed by atoms with Crippen molar-refractivity contribution in [1.82, 2.24) is 4.98 Å². The van der Waals surface area contributed by atoms with E-state index in [1.807, 2.05) is 37.3 Å². The summed E-state index contributed by atoms with van der Waals surface area (Å²) in [5.74, 6) is 0.109. The highest BCUT2D eigenvalue weighted by Crippen LogP contribution is 2.25. The Morgan fingerprint density at radius 1 is 1.32 bits per heavy atom. The Bertz CT molecular complexity index is 908. The van der Waals surface area contributed by atoms with Crippen molar-refractivity contribution in [2.75, 3.05) is 19.0 Å². The summed E-state index contributed by atoms with van der Waals surface area (Å²) in [6, 6.07) is 14.4. The molecule has 0 saturated heterocycles. The third-order valence-electron chi connectivity index (χ3n) is 4.19. The second kappa shape index (κ2) is 7.32. The van der Waals surface area contributed by atoms with Crippen LogP contribution in [0, 0.1) is 13.0 Å². The summed E-state index contributed by atoms with van der Waals surface area (Å²) < 4.78 is 5.24. The first-order valence-electron chi connectivity index (χ1n) is 8.03. The molecule has 127 valence electrons. The lowest BCUT2D eigenvalue weighted by atomic mass is 9.96. The minimum atomic E-state index is -0.474. The summed E-state index contributed by atoms with van der Waals surface area (Å²) in [5, 5.41) is 4.98. The van der Waals surface area contributed by atoms with Crippen LogP contribution in [-0.4, -0.2) is 24.5 Å². The van der Waals surface area contributed by atoms with Crippen molar-refractivity contribution in [1.29, 1.82) is 0 Å². The second-order valence-electron chi connectivity index (χ2n) is 5.85. The van der Waals surface area contributed by atoms with Crippen molar-refractivity contribution in [3.05, 3.63) is 66.0 Å². The summed E-state index contributed by atoms with van der Waals surface area (Å²) in [6.07, 6.45) is 3.52. The maximum absolute atomic E-state index is 12.7. The van der Waals surface area contributed by atoms with Gasteiger partial charge >= 0.3 is 0 Å². The van der Waals surface area contributed by atoms with Gasteiger partial charge in [-0.15, -0.1) is 0 Å². The predicted octanol–water partition coefficient (Wildman–Crippen LogP) is 3.03. The van der Waals surface area contributed by atoms with E-state index >= 15 is 0 Å². The van der Waals surface area contributed by atoms with Crippen molar-refractivity contribution in [2.24, 2.45) is 5.73 Å². The number of anilines is 1. The van der Waals surface area contributed by atoms with Crippen LogP contribution in [-0.2, 0) is 4.79 Å². The highest BCUT2D eigenvalue weighted by atomic mass is 16.5. The molecule has 5 nitrogen and oxygen atoms in total. The summed E-state index contributed by atoms with van der Waals surface area (Å²) in [4.78, 5) is 16.8. The summed E-state index contributed by atoms with van der Waals surface area (Å²) >= 11 is 0. The van der Waals surface area contributed by atoms with E-state index in [1.165, 1.54) is 0 Å². The zero-order valence-corrected chi connectivity index (χ0v) is 14.2. The molecule has 0 fully saturated rings. The number of methoxy groups -OCH3 is 1. The van der Waals surface area contributed by atoms with E-state index in [0.29, 0.717) is 0 Å². The van der Waals surface area contributed by atoms with Crippen molar-refractivity contribution in [2.45, 2.75) is 12.8 Å². The van der Waals surface area contributed by atoms with Gasteiger partial charge in [-0.2, -0.15) is 0 Å². The number of nitrogens with one attached hydrogen (secondary N) is 1. The molecule has 1 amide bonds. The normalized spacial score (nSPS) is 12.0. The van der Waals surface area contributed by atoms with Gasteiger partial charge in [-0.25, -0.2) is 0 Å². The molecule has 3 aromatic rings. The van der Waals surface area contributed by atoms with Crippen molar-refractivity contribution < 1.29 is 9.53 Å². The van der Waals surface area contributed by atoms with E-state index in [4.69, 9.17) is 10.5 Å². The van der Waals surface area contributed by atoms with Gasteiger partial charge in [-0.3, -0.25) is 9.78 Å². The number of pyridine rings is 1. The number of aryl methyl sites for hydroxylation is 1. The Kier molecular flexibility index (Phi) is 4.95. The van der Waals surface area contributed by atoms with Crippen LogP contribution in [0.3, 0.4) is 0 Å².